The number of ether oxygens (including phenoxy) is 4. The third-order valence-electron chi connectivity index (χ3n) is 4.18. The molecule has 0 saturated carbocycles. The molecule has 1 amide bonds. The molecule has 8 nitrogen and oxygen atoms in total. The van der Waals surface area contributed by atoms with E-state index in [-0.39, 0.29) is 23.7 Å². The first-order chi connectivity index (χ1) is 15.0. The van der Waals surface area contributed by atoms with E-state index in [1.807, 2.05) is 6.07 Å². The van der Waals surface area contributed by atoms with E-state index in [2.05, 4.69) is 0 Å². The van der Waals surface area contributed by atoms with Gasteiger partial charge in [0.25, 0.3) is 5.91 Å². The van der Waals surface area contributed by atoms with Gasteiger partial charge in [-0.15, -0.1) is 0 Å². The molecule has 1 heterocycles. The van der Waals surface area contributed by atoms with Crippen molar-refractivity contribution in [2.24, 2.45) is 0 Å². The van der Waals surface area contributed by atoms with Crippen molar-refractivity contribution in [3.05, 3.63) is 46.4 Å². The third kappa shape index (κ3) is 6.17. The minimum atomic E-state index is -0.748. The van der Waals surface area contributed by atoms with Crippen LogP contribution in [-0.4, -0.2) is 44.8 Å². The molecule has 3 rings (SSSR count). The highest BCUT2D eigenvalue weighted by Crippen LogP contribution is 2.34. The topological polar surface area (TPSA) is 98.1 Å². The lowest BCUT2D eigenvalue weighted by atomic mass is 10.2. The maximum atomic E-state index is 12.7. The normalized spacial score (nSPS) is 11.9. The second kappa shape index (κ2) is 10.8. The fourth-order valence-electron chi connectivity index (χ4n) is 2.75. The molecule has 31 heavy (non-hydrogen) atoms. The van der Waals surface area contributed by atoms with Crippen molar-refractivity contribution in [1.29, 1.82) is 5.26 Å². The SMILES string of the molecule is N#CCCN(C(=O)COC(=O)COc1ccc(Cl)cc1Cl)c1ccc2c(c1)OCCO2. The summed E-state index contributed by atoms with van der Waals surface area (Å²) in [5.74, 6) is 0.101. The molecule has 1 aliphatic rings. The Bertz CT molecular complexity index is 1010. The Balaban J connectivity index is 1.59. The summed E-state index contributed by atoms with van der Waals surface area (Å²) >= 11 is 11.8. The Labute approximate surface area is 188 Å². The van der Waals surface area contributed by atoms with Gasteiger partial charge in [0.1, 0.15) is 19.0 Å². The van der Waals surface area contributed by atoms with Gasteiger partial charge in [-0.3, -0.25) is 4.79 Å². The van der Waals surface area contributed by atoms with Crippen molar-refractivity contribution in [3.8, 4) is 23.3 Å². The van der Waals surface area contributed by atoms with Crippen molar-refractivity contribution in [2.75, 3.05) is 37.9 Å². The average molecular weight is 465 g/mol. The van der Waals surface area contributed by atoms with Crippen LogP contribution < -0.4 is 19.1 Å². The molecule has 0 atom stereocenters. The van der Waals surface area contributed by atoms with Crippen molar-refractivity contribution in [3.63, 3.8) is 0 Å². The van der Waals surface area contributed by atoms with Crippen LogP contribution in [0.3, 0.4) is 0 Å². The van der Waals surface area contributed by atoms with Gasteiger partial charge in [-0.1, -0.05) is 23.2 Å². The Morgan fingerprint density at radius 1 is 1.06 bits per heavy atom. The quantitative estimate of drug-likeness (QED) is 0.549. The van der Waals surface area contributed by atoms with Crippen LogP contribution in [0, 0.1) is 11.3 Å². The summed E-state index contributed by atoms with van der Waals surface area (Å²) in [6.45, 7) is 0.0250. The molecule has 0 aromatic heterocycles. The monoisotopic (exact) mass is 464 g/mol. The first-order valence-corrected chi connectivity index (χ1v) is 10.0. The fraction of sp³-hybridized carbons (Fsp3) is 0.286. The van der Waals surface area contributed by atoms with Crippen LogP contribution in [0.25, 0.3) is 0 Å². The van der Waals surface area contributed by atoms with Gasteiger partial charge in [0.2, 0.25) is 0 Å². The van der Waals surface area contributed by atoms with E-state index < -0.39 is 25.1 Å². The highest BCUT2D eigenvalue weighted by atomic mass is 35.5. The summed E-state index contributed by atoms with van der Waals surface area (Å²) in [6, 6.07) is 11.6. The molecule has 0 aliphatic carbocycles. The zero-order chi connectivity index (χ0) is 22.2. The highest BCUT2D eigenvalue weighted by Gasteiger charge is 2.21. The van der Waals surface area contributed by atoms with Gasteiger partial charge in [-0.2, -0.15) is 5.26 Å². The number of nitriles is 1. The van der Waals surface area contributed by atoms with E-state index in [9.17, 15) is 9.59 Å². The summed E-state index contributed by atoms with van der Waals surface area (Å²) in [4.78, 5) is 26.0. The van der Waals surface area contributed by atoms with E-state index in [0.29, 0.717) is 35.4 Å². The Morgan fingerprint density at radius 2 is 1.84 bits per heavy atom. The molecule has 0 unspecified atom stereocenters. The Kier molecular flexibility index (Phi) is 7.82. The van der Waals surface area contributed by atoms with E-state index >= 15 is 0 Å². The summed E-state index contributed by atoms with van der Waals surface area (Å²) in [5, 5.41) is 9.60. The maximum Gasteiger partial charge on any atom is 0.344 e. The number of esters is 1. The van der Waals surface area contributed by atoms with Crippen LogP contribution >= 0.6 is 23.2 Å². The molecule has 1 aliphatic heterocycles. The van der Waals surface area contributed by atoms with Gasteiger partial charge >= 0.3 is 5.97 Å². The molecule has 0 N–H and O–H groups in total. The van der Waals surface area contributed by atoms with E-state index in [0.717, 1.165) is 0 Å². The Hall–Kier alpha value is -3.15. The minimum absolute atomic E-state index is 0.103. The molecular formula is C21H18Cl2N2O6. The number of hydrogen-bond acceptors (Lipinski definition) is 7. The highest BCUT2D eigenvalue weighted by molar-refractivity contribution is 6.35. The minimum Gasteiger partial charge on any atom is -0.486 e. The molecule has 0 saturated heterocycles. The molecule has 162 valence electrons. The second-order valence-corrected chi connectivity index (χ2v) is 7.15. The lowest BCUT2D eigenvalue weighted by Crippen LogP contribution is -2.36. The van der Waals surface area contributed by atoms with E-state index in [1.54, 1.807) is 24.3 Å². The molecule has 2 aromatic rings. The first-order valence-electron chi connectivity index (χ1n) is 9.28. The van der Waals surface area contributed by atoms with Crippen molar-refractivity contribution in [2.45, 2.75) is 6.42 Å². The van der Waals surface area contributed by atoms with Crippen LogP contribution in [0.5, 0.6) is 17.2 Å². The number of nitrogens with zero attached hydrogens (tertiary/aromatic N) is 2. The number of hydrogen-bond donors (Lipinski definition) is 0. The lowest BCUT2D eigenvalue weighted by molar-refractivity contribution is -0.149. The maximum absolute atomic E-state index is 12.7. The summed E-state index contributed by atoms with van der Waals surface area (Å²) in [7, 11) is 0. The molecule has 0 radical (unpaired) electrons. The van der Waals surface area contributed by atoms with Crippen molar-refractivity contribution in [1.82, 2.24) is 0 Å². The van der Waals surface area contributed by atoms with Gasteiger partial charge in [0.05, 0.1) is 17.5 Å². The van der Waals surface area contributed by atoms with Crippen LogP contribution in [0.1, 0.15) is 6.42 Å². The number of fused-ring (bicyclic) bond motifs is 1. The lowest BCUT2D eigenvalue weighted by Gasteiger charge is -2.24. The molecular weight excluding hydrogens is 447 g/mol. The van der Waals surface area contributed by atoms with Gasteiger partial charge in [-0.25, -0.2) is 4.79 Å². The van der Waals surface area contributed by atoms with Crippen LogP contribution in [0.2, 0.25) is 10.0 Å². The smallest absolute Gasteiger partial charge is 0.344 e. The molecule has 10 heteroatoms. The molecule has 0 bridgehead atoms. The molecule has 0 spiro atoms. The zero-order valence-electron chi connectivity index (χ0n) is 16.3. The zero-order valence-corrected chi connectivity index (χ0v) is 17.8. The number of halogens is 2. The Morgan fingerprint density at radius 3 is 2.58 bits per heavy atom. The van der Waals surface area contributed by atoms with Gasteiger partial charge in [0, 0.05) is 23.3 Å². The van der Waals surface area contributed by atoms with Crippen molar-refractivity contribution < 1.29 is 28.5 Å². The number of rotatable bonds is 8. The molecule has 0 fully saturated rings. The number of benzene rings is 2. The summed E-state index contributed by atoms with van der Waals surface area (Å²) < 4.78 is 21.3. The predicted molar refractivity (Wildman–Crippen MR) is 113 cm³/mol. The van der Waals surface area contributed by atoms with Gasteiger partial charge < -0.3 is 23.8 Å². The number of anilines is 1. The number of carbonyl (C=O) groups excluding carboxylic acids is 2. The van der Waals surface area contributed by atoms with Gasteiger partial charge in [0.15, 0.2) is 24.7 Å². The van der Waals surface area contributed by atoms with Crippen LogP contribution in [-0.2, 0) is 14.3 Å². The number of carbonyl (C=O) groups is 2. The summed E-state index contributed by atoms with van der Waals surface area (Å²) in [6.07, 6.45) is 0.103. The molecule has 2 aromatic carbocycles. The van der Waals surface area contributed by atoms with Crippen molar-refractivity contribution >= 4 is 40.8 Å². The van der Waals surface area contributed by atoms with Crippen LogP contribution in [0.15, 0.2) is 36.4 Å². The third-order valence-corrected chi connectivity index (χ3v) is 4.71. The average Bonchev–Trinajstić information content (AvgIpc) is 2.77. The van der Waals surface area contributed by atoms with Crippen LogP contribution in [0.4, 0.5) is 5.69 Å². The van der Waals surface area contributed by atoms with E-state index in [4.69, 9.17) is 47.4 Å². The standard InChI is InChI=1S/C21H18Cl2N2O6/c22-14-2-4-17(16(23)10-14)30-13-21(27)31-12-20(26)25(7-1-6-24)15-3-5-18-19(11-15)29-9-8-28-18/h2-5,10-11H,1,7-9,12-13H2. The first kappa shape index (κ1) is 22.5. The van der Waals surface area contributed by atoms with Gasteiger partial charge in [-0.05, 0) is 30.3 Å². The summed E-state index contributed by atoms with van der Waals surface area (Å²) in [5.41, 5.74) is 0.504. The van der Waals surface area contributed by atoms with E-state index in [1.165, 1.54) is 17.0 Å². The number of amides is 1. The predicted octanol–water partition coefficient (Wildman–Crippen LogP) is 3.63. The largest absolute Gasteiger partial charge is 0.486 e. The fourth-order valence-corrected chi connectivity index (χ4v) is 3.21. The second-order valence-electron chi connectivity index (χ2n) is 6.31.